The molecule has 0 atom stereocenters. The third kappa shape index (κ3) is 2.49. The van der Waals surface area contributed by atoms with Gasteiger partial charge < -0.3 is 15.6 Å². The topological polar surface area (TPSA) is 96.3 Å². The third-order valence-corrected chi connectivity index (χ3v) is 2.21. The van der Waals surface area contributed by atoms with Gasteiger partial charge in [0.15, 0.2) is 0 Å². The van der Waals surface area contributed by atoms with E-state index in [4.69, 9.17) is 11.0 Å². The second kappa shape index (κ2) is 5.14. The van der Waals surface area contributed by atoms with Crippen LogP contribution in [0.15, 0.2) is 12.1 Å². The van der Waals surface area contributed by atoms with Crippen LogP contribution < -0.4 is 5.73 Å². The molecule has 0 aliphatic rings. The molecule has 5 nitrogen and oxygen atoms in total. The molecule has 0 radical (unpaired) electrons. The lowest BCUT2D eigenvalue weighted by Gasteiger charge is -2.09. The van der Waals surface area contributed by atoms with E-state index >= 15 is 0 Å². The Bertz CT molecular complexity index is 449. The number of methoxy groups -OCH3 is 1. The first-order chi connectivity index (χ1) is 7.62. The molecule has 0 spiro atoms. The summed E-state index contributed by atoms with van der Waals surface area (Å²) in [6.45, 7) is 0.101. The van der Waals surface area contributed by atoms with Crippen LogP contribution in [0, 0.1) is 11.3 Å². The number of nitriles is 1. The quantitative estimate of drug-likeness (QED) is 0.720. The number of hydrogen-bond acceptors (Lipinski definition) is 5. The van der Waals surface area contributed by atoms with Crippen LogP contribution in [-0.2, 0) is 22.5 Å². The van der Waals surface area contributed by atoms with E-state index in [1.807, 2.05) is 6.07 Å². The molecule has 0 unspecified atom stereocenters. The van der Waals surface area contributed by atoms with Gasteiger partial charge in [-0.05, 0) is 17.7 Å². The van der Waals surface area contributed by atoms with Crippen molar-refractivity contribution in [1.82, 2.24) is 0 Å². The highest BCUT2D eigenvalue weighted by molar-refractivity contribution is 5.73. The lowest BCUT2D eigenvalue weighted by atomic mass is 10.0. The van der Waals surface area contributed by atoms with E-state index in [-0.39, 0.29) is 24.3 Å². The van der Waals surface area contributed by atoms with E-state index < -0.39 is 5.97 Å². The van der Waals surface area contributed by atoms with Crippen molar-refractivity contribution in [1.29, 1.82) is 5.26 Å². The minimum absolute atomic E-state index is 0.00782. The van der Waals surface area contributed by atoms with Crippen molar-refractivity contribution < 1.29 is 14.6 Å². The van der Waals surface area contributed by atoms with Crippen molar-refractivity contribution in [2.45, 2.75) is 13.0 Å². The Hall–Kier alpha value is -2.06. The van der Waals surface area contributed by atoms with Crippen molar-refractivity contribution in [2.24, 2.45) is 5.73 Å². The monoisotopic (exact) mass is 220 g/mol. The number of aromatic hydroxyl groups is 1. The number of rotatable bonds is 3. The number of ether oxygens (including phenoxy) is 1. The molecule has 1 rings (SSSR count). The summed E-state index contributed by atoms with van der Waals surface area (Å²) in [7, 11) is 1.28. The second-order valence-corrected chi connectivity index (χ2v) is 3.20. The van der Waals surface area contributed by atoms with Crippen molar-refractivity contribution in [3.05, 3.63) is 28.8 Å². The van der Waals surface area contributed by atoms with Gasteiger partial charge in [-0.25, -0.2) is 0 Å². The molecule has 1 aromatic carbocycles. The number of phenols is 1. The average Bonchev–Trinajstić information content (AvgIpc) is 2.28. The number of hydrogen-bond donors (Lipinski definition) is 2. The predicted molar refractivity (Wildman–Crippen MR) is 56.4 cm³/mol. The number of nitrogens with zero attached hydrogens (tertiary/aromatic N) is 1. The highest BCUT2D eigenvalue weighted by Crippen LogP contribution is 2.23. The number of esters is 1. The van der Waals surface area contributed by atoms with Crippen LogP contribution in [0.1, 0.15) is 16.7 Å². The first kappa shape index (κ1) is 12.0. The van der Waals surface area contributed by atoms with E-state index in [0.29, 0.717) is 11.1 Å². The summed E-state index contributed by atoms with van der Waals surface area (Å²) < 4.78 is 4.52. The van der Waals surface area contributed by atoms with Gasteiger partial charge in [-0.2, -0.15) is 5.26 Å². The molecular weight excluding hydrogens is 208 g/mol. The summed E-state index contributed by atoms with van der Waals surface area (Å²) in [5.74, 6) is -0.510. The van der Waals surface area contributed by atoms with Gasteiger partial charge in [-0.15, -0.1) is 0 Å². The molecule has 0 aliphatic heterocycles. The standard InChI is InChI=1S/C11H12N2O3/c1-16-11(15)4-8-2-7(5-12)3-10(14)9(8)6-13/h2-3,14H,4,6,13H2,1H3. The van der Waals surface area contributed by atoms with Gasteiger partial charge in [0.25, 0.3) is 0 Å². The summed E-state index contributed by atoms with van der Waals surface area (Å²) in [5, 5.41) is 18.3. The van der Waals surface area contributed by atoms with Gasteiger partial charge in [0.1, 0.15) is 5.75 Å². The zero-order valence-corrected chi connectivity index (χ0v) is 8.86. The van der Waals surface area contributed by atoms with E-state index in [1.54, 1.807) is 0 Å². The molecule has 84 valence electrons. The fourth-order valence-electron chi connectivity index (χ4n) is 1.40. The van der Waals surface area contributed by atoms with Crippen molar-refractivity contribution >= 4 is 5.97 Å². The Morgan fingerprint density at radius 2 is 2.31 bits per heavy atom. The van der Waals surface area contributed by atoms with Crippen molar-refractivity contribution in [3.8, 4) is 11.8 Å². The zero-order valence-electron chi connectivity index (χ0n) is 8.86. The van der Waals surface area contributed by atoms with E-state index in [9.17, 15) is 9.90 Å². The molecular formula is C11H12N2O3. The average molecular weight is 220 g/mol. The minimum atomic E-state index is -0.441. The summed E-state index contributed by atoms with van der Waals surface area (Å²) in [4.78, 5) is 11.1. The maximum atomic E-state index is 11.1. The number of nitrogens with two attached hydrogens (primary N) is 1. The Morgan fingerprint density at radius 1 is 1.62 bits per heavy atom. The Morgan fingerprint density at radius 3 is 2.81 bits per heavy atom. The van der Waals surface area contributed by atoms with Gasteiger partial charge in [-0.1, -0.05) is 0 Å². The molecule has 0 aromatic heterocycles. The van der Waals surface area contributed by atoms with E-state index in [2.05, 4.69) is 4.74 Å². The lowest BCUT2D eigenvalue weighted by Crippen LogP contribution is -2.09. The number of carbonyl (C=O) groups is 1. The molecule has 0 aliphatic carbocycles. The first-order valence-corrected chi connectivity index (χ1v) is 4.64. The summed E-state index contributed by atoms with van der Waals surface area (Å²) >= 11 is 0. The maximum Gasteiger partial charge on any atom is 0.309 e. The lowest BCUT2D eigenvalue weighted by molar-refractivity contribution is -0.139. The summed E-state index contributed by atoms with van der Waals surface area (Å²) in [6.07, 6.45) is -0.00782. The van der Waals surface area contributed by atoms with Crippen LogP contribution in [0.5, 0.6) is 5.75 Å². The second-order valence-electron chi connectivity index (χ2n) is 3.20. The molecule has 1 aromatic rings. The SMILES string of the molecule is COC(=O)Cc1cc(C#N)cc(O)c1CN. The molecule has 3 N–H and O–H groups in total. The van der Waals surface area contributed by atoms with Crippen molar-refractivity contribution in [2.75, 3.05) is 7.11 Å². The minimum Gasteiger partial charge on any atom is -0.508 e. The molecule has 0 saturated carbocycles. The highest BCUT2D eigenvalue weighted by atomic mass is 16.5. The zero-order chi connectivity index (χ0) is 12.1. The van der Waals surface area contributed by atoms with Crippen LogP contribution in [0.2, 0.25) is 0 Å². The van der Waals surface area contributed by atoms with E-state index in [0.717, 1.165) is 0 Å². The molecule has 0 amide bonds. The number of carbonyl (C=O) groups excluding carboxylic acids is 1. The molecule has 0 saturated heterocycles. The van der Waals surface area contributed by atoms with Gasteiger partial charge in [0, 0.05) is 12.1 Å². The fraction of sp³-hybridized carbons (Fsp3) is 0.273. The summed E-state index contributed by atoms with van der Waals surface area (Å²) in [5.41, 5.74) is 6.73. The first-order valence-electron chi connectivity index (χ1n) is 4.64. The fourth-order valence-corrected chi connectivity index (χ4v) is 1.40. The molecule has 0 fully saturated rings. The normalized spacial score (nSPS) is 9.56. The van der Waals surface area contributed by atoms with E-state index in [1.165, 1.54) is 19.2 Å². The predicted octanol–water partition coefficient (Wildman–Crippen LogP) is 0.438. The van der Waals surface area contributed by atoms with Crippen LogP contribution in [0.3, 0.4) is 0 Å². The number of benzene rings is 1. The van der Waals surface area contributed by atoms with Crippen molar-refractivity contribution in [3.63, 3.8) is 0 Å². The largest absolute Gasteiger partial charge is 0.508 e. The summed E-state index contributed by atoms with van der Waals surface area (Å²) in [6, 6.07) is 4.75. The molecule has 16 heavy (non-hydrogen) atoms. The molecule has 0 heterocycles. The Balaban J connectivity index is 3.19. The van der Waals surface area contributed by atoms with Gasteiger partial charge in [0.2, 0.25) is 0 Å². The van der Waals surface area contributed by atoms with Gasteiger partial charge in [0.05, 0.1) is 25.2 Å². The maximum absolute atomic E-state index is 11.1. The van der Waals surface area contributed by atoms with Crippen LogP contribution >= 0.6 is 0 Å². The van der Waals surface area contributed by atoms with Gasteiger partial charge >= 0.3 is 5.97 Å². The Kier molecular flexibility index (Phi) is 3.86. The molecule has 0 bridgehead atoms. The number of phenolic OH excluding ortho intramolecular Hbond substituents is 1. The van der Waals surface area contributed by atoms with Crippen LogP contribution in [-0.4, -0.2) is 18.2 Å². The highest BCUT2D eigenvalue weighted by Gasteiger charge is 2.12. The molecule has 5 heteroatoms. The van der Waals surface area contributed by atoms with Crippen LogP contribution in [0.4, 0.5) is 0 Å². The third-order valence-electron chi connectivity index (χ3n) is 2.21. The smallest absolute Gasteiger partial charge is 0.309 e. The Labute approximate surface area is 93.1 Å². The van der Waals surface area contributed by atoms with Crippen LogP contribution in [0.25, 0.3) is 0 Å². The van der Waals surface area contributed by atoms with Gasteiger partial charge in [-0.3, -0.25) is 4.79 Å².